The maximum absolute atomic E-state index is 13.0. The first kappa shape index (κ1) is 21.0. The van der Waals surface area contributed by atoms with Gasteiger partial charge in [0, 0.05) is 21.6 Å². The molecule has 32 heavy (non-hydrogen) atoms. The Hall–Kier alpha value is -4.29. The maximum atomic E-state index is 13.0. The Morgan fingerprint density at radius 2 is 1.97 bits per heavy atom. The lowest BCUT2D eigenvalue weighted by atomic mass is 10.0. The van der Waals surface area contributed by atoms with Crippen LogP contribution in [0.25, 0.3) is 22.4 Å². The Balaban J connectivity index is 1.66. The van der Waals surface area contributed by atoms with E-state index >= 15 is 0 Å². The van der Waals surface area contributed by atoms with Crippen LogP contribution in [0, 0.1) is 18.3 Å². The summed E-state index contributed by atoms with van der Waals surface area (Å²) in [6.07, 6.45) is 2.14. The molecule has 0 atom stereocenters. The highest BCUT2D eigenvalue weighted by molar-refractivity contribution is 7.17. The van der Waals surface area contributed by atoms with Crippen molar-refractivity contribution in [2.75, 3.05) is 12.4 Å². The van der Waals surface area contributed by atoms with Crippen LogP contribution >= 0.6 is 11.3 Å². The summed E-state index contributed by atoms with van der Waals surface area (Å²) < 4.78 is 5.20. The van der Waals surface area contributed by atoms with E-state index in [1.807, 2.05) is 31.2 Å². The molecule has 1 amide bonds. The number of rotatable bonds is 6. The second kappa shape index (κ2) is 8.83. The molecule has 0 unspecified atom stereocenters. The van der Waals surface area contributed by atoms with Crippen LogP contribution in [0.2, 0.25) is 0 Å². The van der Waals surface area contributed by atoms with Crippen LogP contribution in [0.5, 0.6) is 5.75 Å². The number of nitrogens with zero attached hydrogens (tertiary/aromatic N) is 3. The van der Waals surface area contributed by atoms with Crippen LogP contribution in [-0.2, 0) is 0 Å². The van der Waals surface area contributed by atoms with Crippen molar-refractivity contribution in [1.29, 1.82) is 5.26 Å². The van der Waals surface area contributed by atoms with E-state index < -0.39 is 5.91 Å². The van der Waals surface area contributed by atoms with Gasteiger partial charge in [-0.3, -0.25) is 9.59 Å². The number of carbonyl (C=O) groups is 2. The van der Waals surface area contributed by atoms with Gasteiger partial charge in [-0.1, -0.05) is 18.2 Å². The van der Waals surface area contributed by atoms with E-state index in [4.69, 9.17) is 4.74 Å². The predicted octanol–water partition coefficient (Wildman–Crippen LogP) is 4.45. The van der Waals surface area contributed by atoms with Crippen molar-refractivity contribution in [3.63, 3.8) is 0 Å². The van der Waals surface area contributed by atoms with Crippen molar-refractivity contribution in [2.45, 2.75) is 6.92 Å². The summed E-state index contributed by atoms with van der Waals surface area (Å²) in [4.78, 5) is 25.5. The molecule has 2 aromatic heterocycles. The first-order chi connectivity index (χ1) is 15.5. The zero-order valence-electron chi connectivity index (χ0n) is 17.2. The van der Waals surface area contributed by atoms with E-state index in [0.717, 1.165) is 16.0 Å². The molecule has 0 spiro atoms. The van der Waals surface area contributed by atoms with Crippen molar-refractivity contribution in [1.82, 2.24) is 15.4 Å². The minimum Gasteiger partial charge on any atom is -0.497 e. The van der Waals surface area contributed by atoms with Gasteiger partial charge in [0.1, 0.15) is 22.5 Å². The lowest BCUT2D eigenvalue weighted by Crippen LogP contribution is -2.14. The monoisotopic (exact) mass is 443 g/mol. The summed E-state index contributed by atoms with van der Waals surface area (Å²) in [6, 6.07) is 14.4. The lowest BCUT2D eigenvalue weighted by molar-refractivity contribution is 0.101. The smallest absolute Gasteiger partial charge is 0.257 e. The molecule has 2 N–H and O–H groups in total. The molecule has 0 aliphatic heterocycles. The van der Waals surface area contributed by atoms with Gasteiger partial charge in [-0.15, -0.1) is 11.3 Å². The van der Waals surface area contributed by atoms with Crippen LogP contribution < -0.4 is 10.1 Å². The standard InChI is InChI=1S/C23H17N5O3S/c1-13-21(14-3-6-17(31-2)7-4-14)19(10-24)23(32-13)26-22(30)18-8-5-15(9-16(18)12-29)20-11-25-28-27-20/h3-9,11-12H,1-2H3,(H,26,30)(H,25,27,28). The highest BCUT2D eigenvalue weighted by Crippen LogP contribution is 2.40. The molecular formula is C23H17N5O3S. The van der Waals surface area contributed by atoms with Crippen LogP contribution in [0.15, 0.2) is 48.7 Å². The molecule has 0 bridgehead atoms. The second-order valence-electron chi connectivity index (χ2n) is 6.81. The fraction of sp³-hybridized carbons (Fsp3) is 0.0870. The first-order valence-corrected chi connectivity index (χ1v) is 10.3. The number of hydrogen-bond acceptors (Lipinski definition) is 7. The predicted molar refractivity (Wildman–Crippen MR) is 121 cm³/mol. The summed E-state index contributed by atoms with van der Waals surface area (Å²) in [5.41, 5.74) is 3.61. The van der Waals surface area contributed by atoms with Crippen LogP contribution in [-0.4, -0.2) is 34.7 Å². The summed E-state index contributed by atoms with van der Waals surface area (Å²) in [7, 11) is 1.59. The molecule has 0 aliphatic carbocycles. The number of aryl methyl sites for hydroxylation is 1. The van der Waals surface area contributed by atoms with E-state index in [1.54, 1.807) is 25.3 Å². The number of thiophene rings is 1. The number of anilines is 1. The van der Waals surface area contributed by atoms with E-state index in [-0.39, 0.29) is 11.1 Å². The molecule has 8 nitrogen and oxygen atoms in total. The van der Waals surface area contributed by atoms with Gasteiger partial charge in [0.2, 0.25) is 0 Å². The van der Waals surface area contributed by atoms with Crippen LogP contribution in [0.3, 0.4) is 0 Å². The summed E-state index contributed by atoms with van der Waals surface area (Å²) >= 11 is 1.31. The second-order valence-corrected chi connectivity index (χ2v) is 8.03. The maximum Gasteiger partial charge on any atom is 0.257 e. The molecular weight excluding hydrogens is 426 g/mol. The average Bonchev–Trinajstić information content (AvgIpc) is 3.46. The molecule has 158 valence electrons. The molecule has 0 saturated heterocycles. The number of amides is 1. The number of H-pyrrole nitrogens is 1. The van der Waals surface area contributed by atoms with Gasteiger partial charge in [0.05, 0.1) is 24.4 Å². The molecule has 4 rings (SSSR count). The zero-order valence-corrected chi connectivity index (χ0v) is 18.0. The van der Waals surface area contributed by atoms with Crippen LogP contribution in [0.1, 0.15) is 31.2 Å². The molecule has 4 aromatic rings. The highest BCUT2D eigenvalue weighted by atomic mass is 32.1. The molecule has 0 radical (unpaired) electrons. The van der Waals surface area contributed by atoms with Crippen molar-refractivity contribution in [3.05, 3.63) is 70.2 Å². The van der Waals surface area contributed by atoms with Crippen molar-refractivity contribution in [3.8, 4) is 34.2 Å². The number of aromatic amines is 1. The molecule has 9 heteroatoms. The minimum atomic E-state index is -0.474. The van der Waals surface area contributed by atoms with Crippen LogP contribution in [0.4, 0.5) is 5.00 Å². The SMILES string of the molecule is COc1ccc(-c2c(C)sc(NC(=O)c3ccc(-c4cn[nH]n4)cc3C=O)c2C#N)cc1. The number of aromatic nitrogens is 3. The number of carbonyl (C=O) groups excluding carboxylic acids is 2. The Morgan fingerprint density at radius 1 is 1.22 bits per heavy atom. The Bertz CT molecular complexity index is 1340. The molecule has 2 aromatic carbocycles. The van der Waals surface area contributed by atoms with E-state index in [1.165, 1.54) is 17.5 Å². The molecule has 0 fully saturated rings. The van der Waals surface area contributed by atoms with Gasteiger partial charge in [0.15, 0.2) is 6.29 Å². The number of methoxy groups -OCH3 is 1. The van der Waals surface area contributed by atoms with Crippen molar-refractivity contribution >= 4 is 28.5 Å². The first-order valence-electron chi connectivity index (χ1n) is 9.50. The number of ether oxygens (including phenoxy) is 1. The van der Waals surface area contributed by atoms with Gasteiger partial charge in [0.25, 0.3) is 5.91 Å². The number of hydrogen-bond donors (Lipinski definition) is 2. The van der Waals surface area contributed by atoms with Crippen molar-refractivity contribution in [2.24, 2.45) is 0 Å². The summed E-state index contributed by atoms with van der Waals surface area (Å²) in [5, 5.41) is 23.3. The zero-order chi connectivity index (χ0) is 22.7. The number of nitrogens with one attached hydrogen (secondary N) is 2. The number of nitriles is 1. The topological polar surface area (TPSA) is 121 Å². The fourth-order valence-corrected chi connectivity index (χ4v) is 4.40. The Kier molecular flexibility index (Phi) is 5.79. The number of aldehydes is 1. The average molecular weight is 443 g/mol. The third-order valence-corrected chi connectivity index (χ3v) is 5.96. The van der Waals surface area contributed by atoms with Crippen molar-refractivity contribution < 1.29 is 14.3 Å². The van der Waals surface area contributed by atoms with E-state index in [0.29, 0.717) is 33.9 Å². The highest BCUT2D eigenvalue weighted by Gasteiger charge is 2.21. The molecule has 2 heterocycles. The van der Waals surface area contributed by atoms with E-state index in [2.05, 4.69) is 26.8 Å². The third-order valence-electron chi connectivity index (χ3n) is 4.94. The summed E-state index contributed by atoms with van der Waals surface area (Å²) in [6.45, 7) is 1.89. The van der Waals surface area contributed by atoms with Gasteiger partial charge in [-0.25, -0.2) is 0 Å². The van der Waals surface area contributed by atoms with Gasteiger partial charge < -0.3 is 10.1 Å². The van der Waals surface area contributed by atoms with Gasteiger partial charge >= 0.3 is 0 Å². The normalized spacial score (nSPS) is 10.4. The van der Waals surface area contributed by atoms with E-state index in [9.17, 15) is 14.9 Å². The quantitative estimate of drug-likeness (QED) is 0.425. The fourth-order valence-electron chi connectivity index (χ4n) is 3.38. The molecule has 0 saturated carbocycles. The lowest BCUT2D eigenvalue weighted by Gasteiger charge is -2.08. The minimum absolute atomic E-state index is 0.202. The summed E-state index contributed by atoms with van der Waals surface area (Å²) in [5.74, 6) is 0.238. The van der Waals surface area contributed by atoms with Gasteiger partial charge in [-0.2, -0.15) is 20.7 Å². The third kappa shape index (κ3) is 3.87. The Morgan fingerprint density at radius 3 is 2.59 bits per heavy atom. The van der Waals surface area contributed by atoms with Gasteiger partial charge in [-0.05, 0) is 36.8 Å². The largest absolute Gasteiger partial charge is 0.497 e. The molecule has 0 aliphatic rings. The Labute approximate surface area is 187 Å². The number of benzene rings is 2.